The summed E-state index contributed by atoms with van der Waals surface area (Å²) in [4.78, 5) is 4.59. The van der Waals surface area contributed by atoms with Crippen LogP contribution in [-0.2, 0) is 6.54 Å². The summed E-state index contributed by atoms with van der Waals surface area (Å²) < 4.78 is 2.35. The van der Waals surface area contributed by atoms with Crippen molar-refractivity contribution in [2.45, 2.75) is 45.6 Å². The van der Waals surface area contributed by atoms with Gasteiger partial charge in [0.25, 0.3) is 0 Å². The van der Waals surface area contributed by atoms with Crippen LogP contribution in [0.1, 0.15) is 44.9 Å². The summed E-state index contributed by atoms with van der Waals surface area (Å²) >= 11 is 0. The molecular formula is C13H23N3. The van der Waals surface area contributed by atoms with Crippen LogP contribution in [-0.4, -0.2) is 22.6 Å². The zero-order valence-corrected chi connectivity index (χ0v) is 10.4. The zero-order chi connectivity index (χ0) is 11.4. The van der Waals surface area contributed by atoms with Crippen molar-refractivity contribution >= 4 is 0 Å². The molecule has 0 radical (unpaired) electrons. The Balaban J connectivity index is 2.16. The molecule has 0 aromatic carbocycles. The van der Waals surface area contributed by atoms with Crippen molar-refractivity contribution in [3.63, 3.8) is 0 Å². The van der Waals surface area contributed by atoms with Gasteiger partial charge in [0.1, 0.15) is 5.82 Å². The number of piperidine rings is 1. The van der Waals surface area contributed by atoms with Crippen molar-refractivity contribution in [2.75, 3.05) is 13.1 Å². The first-order valence-corrected chi connectivity index (χ1v) is 6.58. The SMILES string of the molecule is CCCn1ccnc1C1CCNCC1CC. The minimum atomic E-state index is 0.660. The van der Waals surface area contributed by atoms with Crippen LogP contribution in [0.15, 0.2) is 12.4 Å². The second kappa shape index (κ2) is 5.48. The van der Waals surface area contributed by atoms with E-state index < -0.39 is 0 Å². The van der Waals surface area contributed by atoms with E-state index in [1.807, 2.05) is 6.20 Å². The molecule has 1 saturated heterocycles. The van der Waals surface area contributed by atoms with E-state index in [-0.39, 0.29) is 0 Å². The average molecular weight is 221 g/mol. The van der Waals surface area contributed by atoms with Crippen molar-refractivity contribution in [1.82, 2.24) is 14.9 Å². The third kappa shape index (κ3) is 2.29. The lowest BCUT2D eigenvalue weighted by molar-refractivity contribution is 0.301. The smallest absolute Gasteiger partial charge is 0.112 e. The number of nitrogens with zero attached hydrogens (tertiary/aromatic N) is 2. The maximum absolute atomic E-state index is 4.59. The first kappa shape index (κ1) is 11.6. The van der Waals surface area contributed by atoms with Crippen LogP contribution >= 0.6 is 0 Å². The van der Waals surface area contributed by atoms with Gasteiger partial charge < -0.3 is 9.88 Å². The molecule has 90 valence electrons. The highest BCUT2D eigenvalue weighted by molar-refractivity contribution is 5.05. The molecule has 2 rings (SSSR count). The molecule has 0 saturated carbocycles. The number of rotatable bonds is 4. The van der Waals surface area contributed by atoms with E-state index >= 15 is 0 Å². The number of hydrogen-bond acceptors (Lipinski definition) is 2. The Hall–Kier alpha value is -0.830. The van der Waals surface area contributed by atoms with Gasteiger partial charge >= 0.3 is 0 Å². The van der Waals surface area contributed by atoms with Gasteiger partial charge in [-0.25, -0.2) is 4.98 Å². The fourth-order valence-electron chi connectivity index (χ4n) is 2.77. The molecule has 2 unspecified atom stereocenters. The van der Waals surface area contributed by atoms with Gasteiger partial charge in [0.2, 0.25) is 0 Å². The predicted octanol–water partition coefficient (Wildman–Crippen LogP) is 2.40. The molecule has 3 nitrogen and oxygen atoms in total. The van der Waals surface area contributed by atoms with Crippen LogP contribution in [0.2, 0.25) is 0 Å². The summed E-state index contributed by atoms with van der Waals surface area (Å²) in [7, 11) is 0. The van der Waals surface area contributed by atoms with Gasteiger partial charge in [0, 0.05) is 24.9 Å². The minimum absolute atomic E-state index is 0.660. The van der Waals surface area contributed by atoms with Gasteiger partial charge in [0.05, 0.1) is 0 Å². The summed E-state index contributed by atoms with van der Waals surface area (Å²) in [6.45, 7) is 7.91. The van der Waals surface area contributed by atoms with E-state index in [1.165, 1.54) is 25.1 Å². The molecule has 1 aliphatic rings. The van der Waals surface area contributed by atoms with Gasteiger partial charge in [-0.1, -0.05) is 20.3 Å². The monoisotopic (exact) mass is 221 g/mol. The summed E-state index contributed by atoms with van der Waals surface area (Å²) in [6.07, 6.45) is 7.76. The highest BCUT2D eigenvalue weighted by Crippen LogP contribution is 2.31. The molecule has 1 aliphatic heterocycles. The van der Waals surface area contributed by atoms with Crippen LogP contribution < -0.4 is 5.32 Å². The predicted molar refractivity (Wildman–Crippen MR) is 66.5 cm³/mol. The van der Waals surface area contributed by atoms with Crippen molar-refractivity contribution in [2.24, 2.45) is 5.92 Å². The van der Waals surface area contributed by atoms with Gasteiger partial charge in [0.15, 0.2) is 0 Å². The van der Waals surface area contributed by atoms with E-state index in [9.17, 15) is 0 Å². The quantitative estimate of drug-likeness (QED) is 0.846. The lowest BCUT2D eigenvalue weighted by Crippen LogP contribution is -2.36. The van der Waals surface area contributed by atoms with Crippen LogP contribution in [0.25, 0.3) is 0 Å². The third-order valence-electron chi connectivity index (χ3n) is 3.68. The molecular weight excluding hydrogens is 198 g/mol. The molecule has 0 spiro atoms. The Bertz CT molecular complexity index is 319. The number of aryl methyl sites for hydroxylation is 1. The van der Waals surface area contributed by atoms with E-state index in [4.69, 9.17) is 0 Å². The maximum atomic E-state index is 4.59. The molecule has 2 atom stereocenters. The van der Waals surface area contributed by atoms with E-state index in [2.05, 4.69) is 34.9 Å². The van der Waals surface area contributed by atoms with Gasteiger partial charge in [-0.3, -0.25) is 0 Å². The van der Waals surface area contributed by atoms with Crippen LogP contribution in [0.5, 0.6) is 0 Å². The average Bonchev–Trinajstić information content (AvgIpc) is 2.77. The lowest BCUT2D eigenvalue weighted by atomic mass is 9.84. The second-order valence-electron chi connectivity index (χ2n) is 4.75. The summed E-state index contributed by atoms with van der Waals surface area (Å²) in [5, 5.41) is 3.49. The number of nitrogens with one attached hydrogen (secondary N) is 1. The first-order chi connectivity index (χ1) is 7.86. The van der Waals surface area contributed by atoms with E-state index in [1.54, 1.807) is 0 Å². The molecule has 1 N–H and O–H groups in total. The zero-order valence-electron chi connectivity index (χ0n) is 10.4. The topological polar surface area (TPSA) is 29.9 Å². The first-order valence-electron chi connectivity index (χ1n) is 6.58. The summed E-state index contributed by atoms with van der Waals surface area (Å²) in [6, 6.07) is 0. The van der Waals surface area contributed by atoms with Gasteiger partial charge in [-0.05, 0) is 31.8 Å². The van der Waals surface area contributed by atoms with Crippen LogP contribution in [0.4, 0.5) is 0 Å². The maximum Gasteiger partial charge on any atom is 0.112 e. The lowest BCUT2D eigenvalue weighted by Gasteiger charge is -2.31. The fourth-order valence-corrected chi connectivity index (χ4v) is 2.77. The Labute approximate surface area is 98.3 Å². The molecule has 0 aliphatic carbocycles. The van der Waals surface area contributed by atoms with Crippen LogP contribution in [0, 0.1) is 5.92 Å². The normalized spacial score (nSPS) is 25.9. The Morgan fingerprint density at radius 1 is 1.50 bits per heavy atom. The van der Waals surface area contributed by atoms with Crippen LogP contribution in [0.3, 0.4) is 0 Å². The third-order valence-corrected chi connectivity index (χ3v) is 3.68. The summed E-state index contributed by atoms with van der Waals surface area (Å²) in [5.74, 6) is 2.73. The van der Waals surface area contributed by atoms with Gasteiger partial charge in [-0.15, -0.1) is 0 Å². The highest BCUT2D eigenvalue weighted by Gasteiger charge is 2.27. The molecule has 1 aromatic rings. The largest absolute Gasteiger partial charge is 0.335 e. The fraction of sp³-hybridized carbons (Fsp3) is 0.769. The Morgan fingerprint density at radius 3 is 3.12 bits per heavy atom. The van der Waals surface area contributed by atoms with Crippen molar-refractivity contribution in [1.29, 1.82) is 0 Å². The molecule has 3 heteroatoms. The van der Waals surface area contributed by atoms with Crippen molar-refractivity contribution in [3.05, 3.63) is 18.2 Å². The standard InChI is InChI=1S/C13H23N3/c1-3-8-16-9-7-15-13(16)12-5-6-14-10-11(12)4-2/h7,9,11-12,14H,3-6,8,10H2,1-2H3. The van der Waals surface area contributed by atoms with Gasteiger partial charge in [-0.2, -0.15) is 0 Å². The van der Waals surface area contributed by atoms with Crippen molar-refractivity contribution < 1.29 is 0 Å². The number of imidazole rings is 1. The number of aromatic nitrogens is 2. The molecule has 0 amide bonds. The minimum Gasteiger partial charge on any atom is -0.335 e. The van der Waals surface area contributed by atoms with Crippen molar-refractivity contribution in [3.8, 4) is 0 Å². The Morgan fingerprint density at radius 2 is 2.38 bits per heavy atom. The molecule has 16 heavy (non-hydrogen) atoms. The van der Waals surface area contributed by atoms with E-state index in [0.717, 1.165) is 25.6 Å². The summed E-state index contributed by atoms with van der Waals surface area (Å²) in [5.41, 5.74) is 0. The molecule has 2 heterocycles. The molecule has 1 fully saturated rings. The Kier molecular flexibility index (Phi) is 3.99. The van der Waals surface area contributed by atoms with E-state index in [0.29, 0.717) is 5.92 Å². The number of hydrogen-bond donors (Lipinski definition) is 1. The molecule has 1 aromatic heterocycles. The second-order valence-corrected chi connectivity index (χ2v) is 4.75. The highest BCUT2D eigenvalue weighted by atomic mass is 15.1. The molecule has 0 bridgehead atoms.